The van der Waals surface area contributed by atoms with Crippen LogP contribution in [0.2, 0.25) is 0 Å². The molecule has 7 rings (SSSR count). The summed E-state index contributed by atoms with van der Waals surface area (Å²) in [5.74, 6) is -17.3. The maximum Gasteiger partial charge on any atom is 0.337 e. The van der Waals surface area contributed by atoms with Crippen LogP contribution in [-0.2, 0) is 9.59 Å². The summed E-state index contributed by atoms with van der Waals surface area (Å²) in [6.07, 6.45) is 2.03. The Balaban J connectivity index is 0.000000206. The van der Waals surface area contributed by atoms with Gasteiger partial charge in [0.2, 0.25) is 0 Å². The number of carboxylic acids is 11. The molecule has 0 heterocycles. The highest BCUT2D eigenvalue weighted by atomic mass is 16.4. The zero-order chi connectivity index (χ0) is 48.5. The minimum absolute atomic E-state index is 0.0587. The van der Waals surface area contributed by atoms with E-state index in [2.05, 4.69) is 0 Å². The highest BCUT2D eigenvalue weighted by Gasteiger charge is 2.35. The molecule has 1 fully saturated rings. The molecule has 0 saturated heterocycles. The van der Waals surface area contributed by atoms with Gasteiger partial charge in [0.15, 0.2) is 0 Å². The molecule has 22 nitrogen and oxygen atoms in total. The van der Waals surface area contributed by atoms with Crippen molar-refractivity contribution in [2.75, 3.05) is 0 Å². The standard InChI is InChI=1S/C24H12O8.C11H6O10.C8H12O4/c25-21(26)13-5-1-9-10-2-6-15(23(29)30)20-16(24(31)32)8-4-12(18(10)20)11-3-7-14(22(27)28)19(13)17(9)11;12-7(13)2-1-3(8(14)15)5(10(18)19)6(11(20)21)4(2)9(16)17;9-7(10)5-1-2-6(4-3-5)8(11)12/h1-8H,(H,25,26)(H,27,28)(H,29,30)(H,31,32);1H,(H,12,13)(H,14,15)(H,16,17)(H,18,19)(H,20,21);5-6H,1-4H2,(H,9,10)(H,11,12). The molecule has 0 radical (unpaired) electrons. The smallest absolute Gasteiger partial charge is 0.337 e. The Morgan fingerprint density at radius 1 is 0.292 bits per heavy atom. The molecule has 6 aromatic carbocycles. The van der Waals surface area contributed by atoms with Gasteiger partial charge in [-0.2, -0.15) is 0 Å². The number of hydrogen-bond donors (Lipinski definition) is 11. The molecule has 1 aliphatic rings. The summed E-state index contributed by atoms with van der Waals surface area (Å²) in [6.45, 7) is 0. The highest BCUT2D eigenvalue weighted by molar-refractivity contribution is 6.38. The van der Waals surface area contributed by atoms with E-state index in [4.69, 9.17) is 35.7 Å². The summed E-state index contributed by atoms with van der Waals surface area (Å²) in [4.78, 5) is 124. The predicted molar refractivity (Wildman–Crippen MR) is 217 cm³/mol. The van der Waals surface area contributed by atoms with E-state index in [1.54, 1.807) is 0 Å². The van der Waals surface area contributed by atoms with Gasteiger partial charge in [0, 0.05) is 10.8 Å². The minimum Gasteiger partial charge on any atom is -0.481 e. The average Bonchev–Trinajstić information content (AvgIpc) is 3.23. The van der Waals surface area contributed by atoms with Gasteiger partial charge >= 0.3 is 65.7 Å². The predicted octanol–water partition coefficient (Wildman–Crippen LogP) is 5.67. The van der Waals surface area contributed by atoms with Crippen molar-refractivity contribution in [1.82, 2.24) is 0 Å². The van der Waals surface area contributed by atoms with Gasteiger partial charge in [0.1, 0.15) is 0 Å². The van der Waals surface area contributed by atoms with Crippen molar-refractivity contribution in [2.24, 2.45) is 11.8 Å². The normalized spacial score (nSPS) is 14.3. The number of carbonyl (C=O) groups is 11. The summed E-state index contributed by atoms with van der Waals surface area (Å²) >= 11 is 0. The fourth-order valence-corrected chi connectivity index (χ4v) is 7.87. The van der Waals surface area contributed by atoms with Crippen LogP contribution in [0.3, 0.4) is 0 Å². The van der Waals surface area contributed by atoms with Crippen molar-refractivity contribution < 1.29 is 109 Å². The van der Waals surface area contributed by atoms with E-state index < -0.39 is 93.5 Å². The molecule has 6 aromatic rings. The van der Waals surface area contributed by atoms with Gasteiger partial charge in [0.05, 0.1) is 61.9 Å². The molecular formula is C43H30O22. The molecule has 1 aliphatic carbocycles. The Morgan fingerprint density at radius 2 is 0.523 bits per heavy atom. The number of carboxylic acid groups (broad SMARTS) is 11. The lowest BCUT2D eigenvalue weighted by atomic mass is 9.82. The molecule has 0 aromatic heterocycles. The van der Waals surface area contributed by atoms with Crippen LogP contribution in [0.15, 0.2) is 54.6 Å². The summed E-state index contributed by atoms with van der Waals surface area (Å²) in [5.41, 5.74) is -7.00. The van der Waals surface area contributed by atoms with Gasteiger partial charge in [-0.15, -0.1) is 0 Å². The number of aromatic carboxylic acids is 9. The van der Waals surface area contributed by atoms with Crippen molar-refractivity contribution in [3.8, 4) is 0 Å². The van der Waals surface area contributed by atoms with Crippen LogP contribution in [0.1, 0.15) is 119 Å². The molecule has 0 bridgehead atoms. The third kappa shape index (κ3) is 8.66. The molecule has 0 aliphatic heterocycles. The van der Waals surface area contributed by atoms with Gasteiger partial charge in [-0.25, -0.2) is 43.2 Å². The van der Waals surface area contributed by atoms with Crippen LogP contribution in [-0.4, -0.2) is 122 Å². The molecule has 1 saturated carbocycles. The van der Waals surface area contributed by atoms with E-state index >= 15 is 0 Å². The van der Waals surface area contributed by atoms with Crippen LogP contribution in [0.4, 0.5) is 0 Å². The van der Waals surface area contributed by atoms with Crippen LogP contribution in [0.25, 0.3) is 43.1 Å². The Morgan fingerprint density at radius 3 is 0.708 bits per heavy atom. The van der Waals surface area contributed by atoms with Gasteiger partial charge in [0.25, 0.3) is 0 Å². The summed E-state index contributed by atoms with van der Waals surface area (Å²) in [6, 6.07) is 11.7. The topological polar surface area (TPSA) is 410 Å². The second-order valence-corrected chi connectivity index (χ2v) is 14.2. The van der Waals surface area contributed by atoms with Crippen molar-refractivity contribution in [3.05, 3.63) is 105 Å². The van der Waals surface area contributed by atoms with E-state index in [9.17, 15) is 73.2 Å². The van der Waals surface area contributed by atoms with Crippen molar-refractivity contribution in [1.29, 1.82) is 0 Å². The van der Waals surface area contributed by atoms with Crippen molar-refractivity contribution in [2.45, 2.75) is 25.7 Å². The van der Waals surface area contributed by atoms with Gasteiger partial charge in [-0.05, 0) is 88.3 Å². The lowest BCUT2D eigenvalue weighted by molar-refractivity contribution is -0.148. The molecule has 0 unspecified atom stereocenters. The Hall–Kier alpha value is -9.21. The average molecular weight is 899 g/mol. The van der Waals surface area contributed by atoms with Crippen molar-refractivity contribution >= 4 is 109 Å². The first kappa shape index (κ1) is 46.8. The summed E-state index contributed by atoms with van der Waals surface area (Å²) in [5, 5.41) is 103. The third-order valence-electron chi connectivity index (χ3n) is 10.7. The molecule has 0 atom stereocenters. The molecule has 0 amide bonds. The fourth-order valence-electron chi connectivity index (χ4n) is 7.87. The first-order valence-electron chi connectivity index (χ1n) is 18.4. The Bertz CT molecular complexity index is 2800. The van der Waals surface area contributed by atoms with E-state index in [0.29, 0.717) is 64.1 Å². The number of aliphatic carboxylic acids is 2. The number of hydrogen-bond acceptors (Lipinski definition) is 11. The maximum absolute atomic E-state index is 11.9. The zero-order valence-electron chi connectivity index (χ0n) is 32.6. The molecule has 0 spiro atoms. The first-order valence-corrected chi connectivity index (χ1v) is 18.4. The monoisotopic (exact) mass is 898 g/mol. The second-order valence-electron chi connectivity index (χ2n) is 14.2. The van der Waals surface area contributed by atoms with Crippen LogP contribution in [0, 0.1) is 11.8 Å². The number of fused-ring (bicyclic) bond motifs is 2. The van der Waals surface area contributed by atoms with E-state index in [-0.39, 0.29) is 44.9 Å². The first-order chi connectivity index (χ1) is 30.4. The molecule has 65 heavy (non-hydrogen) atoms. The van der Waals surface area contributed by atoms with Gasteiger partial charge in [-0.3, -0.25) is 9.59 Å². The lowest BCUT2D eigenvalue weighted by Crippen LogP contribution is -2.25. The van der Waals surface area contributed by atoms with Crippen LogP contribution < -0.4 is 0 Å². The molecular weight excluding hydrogens is 868 g/mol. The zero-order valence-corrected chi connectivity index (χ0v) is 32.6. The van der Waals surface area contributed by atoms with Gasteiger partial charge < -0.3 is 56.2 Å². The molecule has 11 N–H and O–H groups in total. The largest absolute Gasteiger partial charge is 0.481 e. The van der Waals surface area contributed by atoms with Gasteiger partial charge in [-0.1, -0.05) is 24.3 Å². The molecule has 334 valence electrons. The second kappa shape index (κ2) is 18.0. The number of benzene rings is 6. The Kier molecular flexibility index (Phi) is 13.0. The SMILES string of the molecule is O=C(O)C1CCC(C(=O)O)CC1.O=C(O)c1cc(C(=O)O)c(C(=O)O)c(C(=O)O)c1C(=O)O.O=C(O)c1ccc2c3ccc(C(=O)O)c4c(C(=O)O)ccc(c5ccc(C(=O)O)c1c25)c43. The van der Waals surface area contributed by atoms with Crippen LogP contribution in [0.5, 0.6) is 0 Å². The number of rotatable bonds is 11. The molecule has 22 heteroatoms. The van der Waals surface area contributed by atoms with E-state index in [1.807, 2.05) is 0 Å². The highest BCUT2D eigenvalue weighted by Crippen LogP contribution is 2.44. The fraction of sp³-hybridized carbons (Fsp3) is 0.140. The quantitative estimate of drug-likeness (QED) is 0.0551. The van der Waals surface area contributed by atoms with E-state index in [1.165, 1.54) is 48.5 Å². The lowest BCUT2D eigenvalue weighted by Gasteiger charge is -2.22. The maximum atomic E-state index is 11.9. The Labute approximate surface area is 359 Å². The minimum atomic E-state index is -2.07. The van der Waals surface area contributed by atoms with Crippen molar-refractivity contribution in [3.63, 3.8) is 0 Å². The summed E-state index contributed by atoms with van der Waals surface area (Å²) < 4.78 is 0. The van der Waals surface area contributed by atoms with Crippen LogP contribution >= 0.6 is 0 Å². The van der Waals surface area contributed by atoms with E-state index in [0.717, 1.165) is 0 Å². The summed E-state index contributed by atoms with van der Waals surface area (Å²) in [7, 11) is 0. The third-order valence-corrected chi connectivity index (χ3v) is 10.7.